The van der Waals surface area contributed by atoms with E-state index in [0.717, 1.165) is 41.1 Å². The Morgan fingerprint density at radius 3 is 2.68 bits per heavy atom. The molecule has 0 atom stereocenters. The highest BCUT2D eigenvalue weighted by Gasteiger charge is 2.25. The smallest absolute Gasteiger partial charge is 0.234 e. The van der Waals surface area contributed by atoms with Gasteiger partial charge in [0.05, 0.1) is 28.5 Å². The first-order valence-corrected chi connectivity index (χ1v) is 12.3. The SMILES string of the molecule is COc1ccc(-c2c(C#N)c(SCC(=O)Nc3ccc(Cl)c(Cl)c3)nc3c2CN(C)CC3)cc1. The zero-order chi connectivity index (χ0) is 24.2. The molecule has 2 heterocycles. The third kappa shape index (κ3) is 5.31. The summed E-state index contributed by atoms with van der Waals surface area (Å²) in [6, 6.07) is 14.9. The van der Waals surface area contributed by atoms with E-state index in [9.17, 15) is 10.1 Å². The summed E-state index contributed by atoms with van der Waals surface area (Å²) in [4.78, 5) is 19.6. The Kier molecular flexibility index (Phi) is 7.64. The molecule has 0 aliphatic carbocycles. The number of carbonyl (C=O) groups is 1. The molecule has 0 radical (unpaired) electrons. The number of benzene rings is 2. The number of pyridine rings is 1. The molecule has 6 nitrogen and oxygen atoms in total. The van der Waals surface area contributed by atoms with Crippen LogP contribution in [0.25, 0.3) is 11.1 Å². The van der Waals surface area contributed by atoms with Gasteiger partial charge in [0.1, 0.15) is 16.8 Å². The summed E-state index contributed by atoms with van der Waals surface area (Å²) in [5.41, 5.74) is 4.85. The number of halogens is 2. The highest BCUT2D eigenvalue weighted by molar-refractivity contribution is 8.00. The Bertz CT molecular complexity index is 1280. The predicted octanol–water partition coefficient (Wildman–Crippen LogP) is 5.65. The van der Waals surface area contributed by atoms with Gasteiger partial charge in [-0.25, -0.2) is 4.98 Å². The van der Waals surface area contributed by atoms with Gasteiger partial charge in [-0.05, 0) is 48.5 Å². The number of nitriles is 1. The van der Waals surface area contributed by atoms with Crippen LogP contribution < -0.4 is 10.1 Å². The fourth-order valence-electron chi connectivity index (χ4n) is 3.86. The zero-order valence-electron chi connectivity index (χ0n) is 18.7. The first-order chi connectivity index (χ1) is 16.4. The molecule has 4 rings (SSSR count). The van der Waals surface area contributed by atoms with E-state index in [1.54, 1.807) is 25.3 Å². The fraction of sp³-hybridized carbons (Fsp3) is 0.240. The standard InChI is InChI=1S/C25H22Cl2N4O2S/c1-31-10-9-22-19(13-31)24(15-3-6-17(33-2)7-4-15)18(12-28)25(30-22)34-14-23(32)29-16-5-8-20(26)21(27)11-16/h3-8,11H,9-10,13-14H2,1-2H3,(H,29,32). The minimum atomic E-state index is -0.225. The maximum atomic E-state index is 12.6. The molecular formula is C25H22Cl2N4O2S. The number of carbonyl (C=O) groups excluding carboxylic acids is 1. The molecule has 0 unspecified atom stereocenters. The van der Waals surface area contributed by atoms with Crippen LogP contribution in [0.3, 0.4) is 0 Å². The highest BCUT2D eigenvalue weighted by atomic mass is 35.5. The molecule has 1 aromatic heterocycles. The van der Waals surface area contributed by atoms with Crippen LogP contribution in [0.5, 0.6) is 5.75 Å². The van der Waals surface area contributed by atoms with Crippen molar-refractivity contribution in [2.24, 2.45) is 0 Å². The molecular weight excluding hydrogens is 491 g/mol. The third-order valence-corrected chi connectivity index (χ3v) is 7.26. The maximum Gasteiger partial charge on any atom is 0.234 e. The number of methoxy groups -OCH3 is 1. The van der Waals surface area contributed by atoms with E-state index in [1.165, 1.54) is 11.8 Å². The number of fused-ring (bicyclic) bond motifs is 1. The molecule has 1 amide bonds. The second-order valence-corrected chi connectivity index (χ2v) is 9.66. The van der Waals surface area contributed by atoms with Crippen molar-refractivity contribution in [2.75, 3.05) is 31.8 Å². The van der Waals surface area contributed by atoms with Crippen LogP contribution in [0, 0.1) is 11.3 Å². The normalized spacial score (nSPS) is 13.1. The van der Waals surface area contributed by atoms with E-state index in [2.05, 4.69) is 23.3 Å². The number of aromatic nitrogens is 1. The number of nitrogens with one attached hydrogen (secondary N) is 1. The monoisotopic (exact) mass is 512 g/mol. The van der Waals surface area contributed by atoms with Crippen molar-refractivity contribution in [3.63, 3.8) is 0 Å². The van der Waals surface area contributed by atoms with Crippen molar-refractivity contribution in [2.45, 2.75) is 18.0 Å². The second kappa shape index (κ2) is 10.7. The minimum Gasteiger partial charge on any atom is -0.497 e. The van der Waals surface area contributed by atoms with E-state index in [-0.39, 0.29) is 11.7 Å². The van der Waals surface area contributed by atoms with Gasteiger partial charge in [-0.15, -0.1) is 0 Å². The van der Waals surface area contributed by atoms with E-state index in [1.807, 2.05) is 24.3 Å². The molecule has 174 valence electrons. The lowest BCUT2D eigenvalue weighted by Crippen LogP contribution is -2.28. The molecule has 0 saturated carbocycles. The topological polar surface area (TPSA) is 78.2 Å². The van der Waals surface area contributed by atoms with Crippen molar-refractivity contribution >= 4 is 46.6 Å². The van der Waals surface area contributed by atoms with Gasteiger partial charge < -0.3 is 15.0 Å². The Labute approximate surface area is 212 Å². The summed E-state index contributed by atoms with van der Waals surface area (Å²) in [5, 5.41) is 14.3. The molecule has 9 heteroatoms. The fourth-order valence-corrected chi connectivity index (χ4v) is 4.97. The average Bonchev–Trinajstić information content (AvgIpc) is 2.84. The lowest BCUT2D eigenvalue weighted by molar-refractivity contribution is -0.113. The summed E-state index contributed by atoms with van der Waals surface area (Å²) in [6.45, 7) is 1.59. The molecule has 1 aliphatic rings. The van der Waals surface area contributed by atoms with Crippen molar-refractivity contribution in [3.05, 3.63) is 69.3 Å². The number of hydrogen-bond acceptors (Lipinski definition) is 6. The van der Waals surface area contributed by atoms with E-state index < -0.39 is 0 Å². The Morgan fingerprint density at radius 2 is 2.00 bits per heavy atom. The number of nitrogens with zero attached hydrogens (tertiary/aromatic N) is 3. The molecule has 34 heavy (non-hydrogen) atoms. The van der Waals surface area contributed by atoms with Crippen LogP contribution in [0.2, 0.25) is 10.0 Å². The van der Waals surface area contributed by atoms with E-state index in [4.69, 9.17) is 32.9 Å². The summed E-state index contributed by atoms with van der Waals surface area (Å²) in [7, 11) is 3.68. The van der Waals surface area contributed by atoms with Crippen molar-refractivity contribution in [1.82, 2.24) is 9.88 Å². The quantitative estimate of drug-likeness (QED) is 0.429. The number of amides is 1. The molecule has 0 fully saturated rings. The van der Waals surface area contributed by atoms with Crippen LogP contribution in [0.15, 0.2) is 47.5 Å². The average molecular weight is 513 g/mol. The zero-order valence-corrected chi connectivity index (χ0v) is 21.0. The summed E-state index contributed by atoms with van der Waals surface area (Å²) in [6.07, 6.45) is 0.781. The molecule has 0 saturated heterocycles. The molecule has 2 aromatic carbocycles. The molecule has 0 bridgehead atoms. The highest BCUT2D eigenvalue weighted by Crippen LogP contribution is 2.37. The van der Waals surface area contributed by atoms with Crippen LogP contribution in [0.1, 0.15) is 16.8 Å². The Hall–Kier alpha value is -2.76. The van der Waals surface area contributed by atoms with Gasteiger partial charge in [0.15, 0.2) is 0 Å². The summed E-state index contributed by atoms with van der Waals surface area (Å²) in [5.74, 6) is 0.622. The molecule has 1 aliphatic heterocycles. The van der Waals surface area contributed by atoms with Gasteiger partial charge in [-0.1, -0.05) is 47.1 Å². The number of likely N-dealkylation sites (N-methyl/N-ethyl adjacent to an activating group) is 1. The van der Waals surface area contributed by atoms with Crippen LogP contribution in [-0.4, -0.2) is 42.2 Å². The Balaban J connectivity index is 1.65. The van der Waals surface area contributed by atoms with E-state index >= 15 is 0 Å². The second-order valence-electron chi connectivity index (χ2n) is 7.89. The van der Waals surface area contributed by atoms with Gasteiger partial charge in [0.25, 0.3) is 0 Å². The van der Waals surface area contributed by atoms with Gasteiger partial charge in [-0.3, -0.25) is 4.79 Å². The minimum absolute atomic E-state index is 0.0999. The maximum absolute atomic E-state index is 12.6. The van der Waals surface area contributed by atoms with Crippen LogP contribution in [0.4, 0.5) is 5.69 Å². The van der Waals surface area contributed by atoms with Crippen molar-refractivity contribution < 1.29 is 9.53 Å². The largest absolute Gasteiger partial charge is 0.497 e. The molecule has 3 aromatic rings. The van der Waals surface area contributed by atoms with Crippen molar-refractivity contribution in [1.29, 1.82) is 5.26 Å². The number of hydrogen-bond donors (Lipinski definition) is 1. The van der Waals surface area contributed by atoms with E-state index in [0.29, 0.717) is 32.9 Å². The van der Waals surface area contributed by atoms with Gasteiger partial charge in [0.2, 0.25) is 5.91 Å². The lowest BCUT2D eigenvalue weighted by Gasteiger charge is -2.28. The Morgan fingerprint density at radius 1 is 1.24 bits per heavy atom. The van der Waals surface area contributed by atoms with Gasteiger partial charge in [-0.2, -0.15) is 5.26 Å². The predicted molar refractivity (Wildman–Crippen MR) is 137 cm³/mol. The first-order valence-electron chi connectivity index (χ1n) is 10.6. The number of anilines is 1. The number of rotatable bonds is 6. The van der Waals surface area contributed by atoms with Crippen molar-refractivity contribution in [3.8, 4) is 22.9 Å². The lowest BCUT2D eigenvalue weighted by atomic mass is 9.92. The summed E-state index contributed by atoms with van der Waals surface area (Å²) >= 11 is 13.2. The van der Waals surface area contributed by atoms with Gasteiger partial charge >= 0.3 is 0 Å². The molecule has 0 spiro atoms. The van der Waals surface area contributed by atoms with Crippen LogP contribution >= 0.6 is 35.0 Å². The van der Waals surface area contributed by atoms with Gasteiger partial charge in [0, 0.05) is 36.5 Å². The van der Waals surface area contributed by atoms with Crippen LogP contribution in [-0.2, 0) is 17.8 Å². The summed E-state index contributed by atoms with van der Waals surface area (Å²) < 4.78 is 5.29. The first kappa shape index (κ1) is 24.4. The third-order valence-electron chi connectivity index (χ3n) is 5.54. The molecule has 1 N–H and O–H groups in total. The number of ether oxygens (including phenoxy) is 1. The number of thioether (sulfide) groups is 1.